The van der Waals surface area contributed by atoms with Gasteiger partial charge >= 0.3 is 12.1 Å². The Morgan fingerprint density at radius 2 is 2.07 bits per heavy atom. The van der Waals surface area contributed by atoms with Crippen LogP contribution in [0.5, 0.6) is 0 Å². The number of thioether (sulfide) groups is 1. The van der Waals surface area contributed by atoms with Crippen LogP contribution >= 0.6 is 11.8 Å². The zero-order chi connectivity index (χ0) is 20.5. The van der Waals surface area contributed by atoms with Crippen LogP contribution in [0.15, 0.2) is 16.3 Å². The van der Waals surface area contributed by atoms with Gasteiger partial charge in [0, 0.05) is 24.3 Å². The molecule has 2 aromatic heterocycles. The van der Waals surface area contributed by atoms with E-state index in [-0.39, 0.29) is 5.56 Å². The summed E-state index contributed by atoms with van der Waals surface area (Å²) in [7, 11) is 2.04. The number of carboxylic acids is 1. The fourth-order valence-electron chi connectivity index (χ4n) is 2.97. The van der Waals surface area contributed by atoms with Crippen molar-refractivity contribution < 1.29 is 23.1 Å². The van der Waals surface area contributed by atoms with E-state index in [2.05, 4.69) is 19.5 Å². The first-order valence-corrected chi connectivity index (χ1v) is 9.70. The van der Waals surface area contributed by atoms with Crippen molar-refractivity contribution in [2.45, 2.75) is 55.1 Å². The number of hydrogen-bond donors (Lipinski definition) is 2. The number of carbonyl (C=O) groups is 1. The topological polar surface area (TPSA) is 101 Å². The van der Waals surface area contributed by atoms with Gasteiger partial charge in [-0.25, -0.2) is 14.8 Å². The molecule has 4 rings (SSSR count). The molecular formula is C17H19F3N4O3S. The highest BCUT2D eigenvalue weighted by Crippen LogP contribution is 2.41. The molecule has 0 aliphatic heterocycles. The van der Waals surface area contributed by atoms with Crippen LogP contribution in [-0.4, -0.2) is 36.8 Å². The fraction of sp³-hybridized carbons (Fsp3) is 0.529. The summed E-state index contributed by atoms with van der Waals surface area (Å²) in [6, 6.07) is 0. The highest BCUT2D eigenvalue weighted by Gasteiger charge is 2.38. The smallest absolute Gasteiger partial charge is 0.475 e. The standard InChI is InChI=1S/C15H18N4OS.C2HF3O2/c1-19-8-16-13(9-5-6-9)12(19)7-21-15-17-11-4-2-3-10(11)14(20)18-15;3-2(4,5)1(6)7/h8-9H,2-7H2,1H3,(H,17,18,20);(H,6,7). The van der Waals surface area contributed by atoms with Gasteiger partial charge in [-0.05, 0) is 32.1 Å². The molecular weight excluding hydrogens is 397 g/mol. The van der Waals surface area contributed by atoms with E-state index >= 15 is 0 Å². The fourth-order valence-corrected chi connectivity index (χ4v) is 3.94. The number of aromatic amines is 1. The zero-order valence-electron chi connectivity index (χ0n) is 15.0. The predicted octanol–water partition coefficient (Wildman–Crippen LogP) is 2.80. The summed E-state index contributed by atoms with van der Waals surface area (Å²) in [5.41, 5.74) is 4.42. The molecule has 28 heavy (non-hydrogen) atoms. The monoisotopic (exact) mass is 416 g/mol. The van der Waals surface area contributed by atoms with Gasteiger partial charge < -0.3 is 14.7 Å². The highest BCUT2D eigenvalue weighted by atomic mass is 32.2. The van der Waals surface area contributed by atoms with E-state index in [4.69, 9.17) is 9.90 Å². The SMILES string of the molecule is Cn1cnc(C2CC2)c1CSc1nc2c(c(=O)[nH]1)CCC2.O=C(O)C(F)(F)F. The van der Waals surface area contributed by atoms with Crippen LogP contribution in [0.25, 0.3) is 0 Å². The van der Waals surface area contributed by atoms with Gasteiger partial charge in [0.1, 0.15) is 0 Å². The largest absolute Gasteiger partial charge is 0.490 e. The first kappa shape index (κ1) is 20.4. The summed E-state index contributed by atoms with van der Waals surface area (Å²) in [5, 5.41) is 7.86. The molecule has 0 aromatic carbocycles. The van der Waals surface area contributed by atoms with Crippen LogP contribution in [0.2, 0.25) is 0 Å². The normalized spacial score (nSPS) is 15.7. The van der Waals surface area contributed by atoms with Gasteiger partial charge in [-0.15, -0.1) is 0 Å². The van der Waals surface area contributed by atoms with Crippen molar-refractivity contribution in [3.8, 4) is 0 Å². The average Bonchev–Trinajstić information content (AvgIpc) is 3.22. The summed E-state index contributed by atoms with van der Waals surface area (Å²) in [6.45, 7) is 0. The number of H-pyrrole nitrogens is 1. The van der Waals surface area contributed by atoms with Gasteiger partial charge in [-0.1, -0.05) is 11.8 Å². The molecule has 1 saturated carbocycles. The molecule has 0 radical (unpaired) electrons. The van der Waals surface area contributed by atoms with Crippen LogP contribution < -0.4 is 5.56 Å². The summed E-state index contributed by atoms with van der Waals surface area (Å²) >= 11 is 1.60. The van der Waals surface area contributed by atoms with Gasteiger partial charge in [0.15, 0.2) is 5.16 Å². The van der Waals surface area contributed by atoms with E-state index in [0.717, 1.165) is 41.4 Å². The number of carboxylic acid groups (broad SMARTS) is 1. The molecule has 2 aliphatic carbocycles. The average molecular weight is 416 g/mol. The molecule has 2 aromatic rings. The van der Waals surface area contributed by atoms with Crippen molar-refractivity contribution in [1.29, 1.82) is 0 Å². The zero-order valence-corrected chi connectivity index (χ0v) is 15.9. The van der Waals surface area contributed by atoms with Crippen LogP contribution in [0.1, 0.15) is 47.8 Å². The predicted molar refractivity (Wildman–Crippen MR) is 95.3 cm³/mol. The van der Waals surface area contributed by atoms with Crippen LogP contribution in [0.3, 0.4) is 0 Å². The maximum Gasteiger partial charge on any atom is 0.490 e. The van der Waals surface area contributed by atoms with Crippen molar-refractivity contribution in [2.24, 2.45) is 7.05 Å². The van der Waals surface area contributed by atoms with Crippen LogP contribution in [-0.2, 0) is 30.4 Å². The lowest BCUT2D eigenvalue weighted by Crippen LogP contribution is -2.21. The number of nitrogens with one attached hydrogen (secondary N) is 1. The number of fused-ring (bicyclic) bond motifs is 1. The highest BCUT2D eigenvalue weighted by molar-refractivity contribution is 7.98. The van der Waals surface area contributed by atoms with Gasteiger partial charge in [0.05, 0.1) is 23.4 Å². The number of aryl methyl sites for hydroxylation is 2. The minimum atomic E-state index is -5.08. The lowest BCUT2D eigenvalue weighted by Gasteiger charge is -2.06. The van der Waals surface area contributed by atoms with E-state index in [1.165, 1.54) is 24.2 Å². The summed E-state index contributed by atoms with van der Waals surface area (Å²) in [4.78, 5) is 33.0. The minimum absolute atomic E-state index is 0.0485. The first-order chi connectivity index (χ1) is 13.2. The molecule has 11 heteroatoms. The van der Waals surface area contributed by atoms with Crippen molar-refractivity contribution in [2.75, 3.05) is 0 Å². The Hall–Kier alpha value is -2.30. The Kier molecular flexibility index (Phi) is 5.82. The van der Waals surface area contributed by atoms with E-state index in [9.17, 15) is 18.0 Å². The Balaban J connectivity index is 0.000000279. The minimum Gasteiger partial charge on any atom is -0.475 e. The molecule has 2 N–H and O–H groups in total. The maximum absolute atomic E-state index is 12.0. The molecule has 0 unspecified atom stereocenters. The third-order valence-corrected chi connectivity index (χ3v) is 5.45. The Morgan fingerprint density at radius 1 is 1.39 bits per heavy atom. The third kappa shape index (κ3) is 4.75. The molecule has 152 valence electrons. The number of hydrogen-bond acceptors (Lipinski definition) is 5. The molecule has 2 heterocycles. The molecule has 1 fully saturated rings. The lowest BCUT2D eigenvalue weighted by atomic mass is 10.2. The van der Waals surface area contributed by atoms with E-state index < -0.39 is 12.1 Å². The van der Waals surface area contributed by atoms with Crippen LogP contribution in [0, 0.1) is 0 Å². The number of aromatic nitrogens is 4. The lowest BCUT2D eigenvalue weighted by molar-refractivity contribution is -0.192. The number of alkyl halides is 3. The number of nitrogens with zero attached hydrogens (tertiary/aromatic N) is 3. The van der Waals surface area contributed by atoms with E-state index in [1.807, 2.05) is 13.4 Å². The van der Waals surface area contributed by atoms with E-state index in [0.29, 0.717) is 5.92 Å². The molecule has 7 nitrogen and oxygen atoms in total. The molecule has 0 saturated heterocycles. The number of aliphatic carboxylic acids is 1. The van der Waals surface area contributed by atoms with Crippen LogP contribution in [0.4, 0.5) is 13.2 Å². The summed E-state index contributed by atoms with van der Waals surface area (Å²) in [6.07, 6.45) is 2.17. The van der Waals surface area contributed by atoms with Gasteiger partial charge in [-0.2, -0.15) is 13.2 Å². The van der Waals surface area contributed by atoms with Gasteiger partial charge in [-0.3, -0.25) is 4.79 Å². The second-order valence-electron chi connectivity index (χ2n) is 6.70. The summed E-state index contributed by atoms with van der Waals surface area (Å²) in [5.74, 6) is -1.30. The number of halogens is 3. The Bertz CT molecular complexity index is 935. The van der Waals surface area contributed by atoms with Crippen molar-refractivity contribution >= 4 is 17.7 Å². The van der Waals surface area contributed by atoms with Gasteiger partial charge in [0.25, 0.3) is 5.56 Å². The molecule has 0 spiro atoms. The van der Waals surface area contributed by atoms with Crippen molar-refractivity contribution in [1.82, 2.24) is 19.5 Å². The van der Waals surface area contributed by atoms with Crippen molar-refractivity contribution in [3.63, 3.8) is 0 Å². The Labute approximate surface area is 162 Å². The van der Waals surface area contributed by atoms with E-state index in [1.54, 1.807) is 11.8 Å². The maximum atomic E-state index is 12.0. The second kappa shape index (κ2) is 7.98. The van der Waals surface area contributed by atoms with Crippen molar-refractivity contribution in [3.05, 3.63) is 39.3 Å². The molecule has 0 atom stereocenters. The quantitative estimate of drug-likeness (QED) is 0.587. The number of imidazole rings is 1. The second-order valence-corrected chi connectivity index (χ2v) is 7.67. The first-order valence-electron chi connectivity index (χ1n) is 8.72. The Morgan fingerprint density at radius 3 is 2.68 bits per heavy atom. The molecule has 0 amide bonds. The summed E-state index contributed by atoms with van der Waals surface area (Å²) < 4.78 is 33.8. The number of rotatable bonds is 4. The third-order valence-electron chi connectivity index (χ3n) is 4.56. The van der Waals surface area contributed by atoms with Gasteiger partial charge in [0.2, 0.25) is 0 Å². The molecule has 0 bridgehead atoms. The molecule has 2 aliphatic rings.